The standard InChI is InChI=1S/C20H24FN5O2/c21-15-5-3-14(4-6-15)16-12-23-20(22)24-19(16)17-2-1-7-26(17)18(27)13-25-8-10-28-11-9-25/h3-6,12,17H,1-2,7-11,13H2,(H2,22,23,24)/t17-/m1/s1. The van der Waals surface area contributed by atoms with E-state index in [1.165, 1.54) is 12.1 Å². The third-order valence-corrected chi connectivity index (χ3v) is 5.34. The fourth-order valence-corrected chi connectivity index (χ4v) is 3.91. The van der Waals surface area contributed by atoms with Crippen LogP contribution < -0.4 is 5.73 Å². The van der Waals surface area contributed by atoms with E-state index in [0.29, 0.717) is 26.3 Å². The van der Waals surface area contributed by atoms with Gasteiger partial charge in [0.1, 0.15) is 5.82 Å². The van der Waals surface area contributed by atoms with Crippen LogP contribution in [0, 0.1) is 5.82 Å². The molecule has 3 heterocycles. The van der Waals surface area contributed by atoms with Gasteiger partial charge in [-0.2, -0.15) is 0 Å². The minimum absolute atomic E-state index is 0.0895. The van der Waals surface area contributed by atoms with Gasteiger partial charge in [0.15, 0.2) is 0 Å². The van der Waals surface area contributed by atoms with Crippen molar-refractivity contribution in [3.8, 4) is 11.1 Å². The van der Waals surface area contributed by atoms with Crippen LogP contribution in [-0.2, 0) is 9.53 Å². The molecular formula is C20H24FN5O2. The molecule has 8 heteroatoms. The van der Waals surface area contributed by atoms with Crippen molar-refractivity contribution in [2.75, 3.05) is 45.1 Å². The molecule has 0 spiro atoms. The lowest BCUT2D eigenvalue weighted by Gasteiger charge is -2.31. The van der Waals surface area contributed by atoms with Gasteiger partial charge in [-0.15, -0.1) is 0 Å². The first-order chi connectivity index (χ1) is 13.6. The molecule has 2 N–H and O–H groups in total. The quantitative estimate of drug-likeness (QED) is 0.865. The number of hydrogen-bond acceptors (Lipinski definition) is 6. The number of morpholine rings is 1. The molecule has 28 heavy (non-hydrogen) atoms. The SMILES string of the molecule is Nc1ncc(-c2ccc(F)cc2)c([C@H]2CCCN2C(=O)CN2CCOCC2)n1. The Bertz CT molecular complexity index is 839. The predicted octanol–water partition coefficient (Wildman–Crippen LogP) is 1.86. The lowest BCUT2D eigenvalue weighted by molar-refractivity contribution is -0.134. The molecule has 0 aliphatic carbocycles. The zero-order chi connectivity index (χ0) is 19.5. The van der Waals surface area contributed by atoms with Gasteiger partial charge in [-0.3, -0.25) is 9.69 Å². The van der Waals surface area contributed by atoms with E-state index in [4.69, 9.17) is 10.5 Å². The van der Waals surface area contributed by atoms with Crippen LogP contribution in [0.2, 0.25) is 0 Å². The third-order valence-electron chi connectivity index (χ3n) is 5.34. The summed E-state index contributed by atoms with van der Waals surface area (Å²) in [6.45, 7) is 3.94. The molecule has 2 aliphatic heterocycles. The zero-order valence-electron chi connectivity index (χ0n) is 15.7. The Labute approximate surface area is 163 Å². The summed E-state index contributed by atoms with van der Waals surface area (Å²) >= 11 is 0. The molecule has 2 fully saturated rings. The van der Waals surface area contributed by atoms with Gasteiger partial charge in [0.25, 0.3) is 0 Å². The number of ether oxygens (including phenoxy) is 1. The van der Waals surface area contributed by atoms with Crippen molar-refractivity contribution in [1.82, 2.24) is 19.8 Å². The van der Waals surface area contributed by atoms with Gasteiger partial charge in [0, 0.05) is 31.4 Å². The van der Waals surface area contributed by atoms with E-state index >= 15 is 0 Å². The minimum Gasteiger partial charge on any atom is -0.379 e. The Kier molecular flexibility index (Phi) is 5.50. The number of benzene rings is 1. The maximum absolute atomic E-state index is 13.3. The van der Waals surface area contributed by atoms with Gasteiger partial charge in [0.05, 0.1) is 31.5 Å². The summed E-state index contributed by atoms with van der Waals surface area (Å²) < 4.78 is 18.7. The van der Waals surface area contributed by atoms with Crippen molar-refractivity contribution in [3.63, 3.8) is 0 Å². The lowest BCUT2D eigenvalue weighted by Crippen LogP contribution is -2.44. The van der Waals surface area contributed by atoms with E-state index in [2.05, 4.69) is 14.9 Å². The summed E-state index contributed by atoms with van der Waals surface area (Å²) in [5.74, 6) is -0.0372. The molecule has 2 saturated heterocycles. The molecular weight excluding hydrogens is 361 g/mol. The number of hydrogen-bond donors (Lipinski definition) is 1. The maximum Gasteiger partial charge on any atom is 0.237 e. The monoisotopic (exact) mass is 385 g/mol. The van der Waals surface area contributed by atoms with Crippen LogP contribution in [0.25, 0.3) is 11.1 Å². The minimum atomic E-state index is -0.301. The van der Waals surface area contributed by atoms with E-state index in [9.17, 15) is 9.18 Å². The molecule has 1 aromatic heterocycles. The Morgan fingerprint density at radius 2 is 1.96 bits per heavy atom. The maximum atomic E-state index is 13.3. The van der Waals surface area contributed by atoms with Gasteiger partial charge in [-0.1, -0.05) is 12.1 Å². The summed E-state index contributed by atoms with van der Waals surface area (Å²) in [7, 11) is 0. The first-order valence-corrected chi connectivity index (χ1v) is 9.60. The molecule has 4 rings (SSSR count). The molecule has 2 aliphatic rings. The molecule has 1 amide bonds. The second-order valence-corrected chi connectivity index (χ2v) is 7.17. The Morgan fingerprint density at radius 3 is 2.71 bits per heavy atom. The summed E-state index contributed by atoms with van der Waals surface area (Å²) in [4.78, 5) is 25.6. The van der Waals surface area contributed by atoms with E-state index in [-0.39, 0.29) is 23.7 Å². The van der Waals surface area contributed by atoms with E-state index in [1.807, 2.05) is 4.90 Å². The van der Waals surface area contributed by atoms with Gasteiger partial charge >= 0.3 is 0 Å². The smallest absolute Gasteiger partial charge is 0.237 e. The van der Waals surface area contributed by atoms with Crippen LogP contribution in [0.4, 0.5) is 10.3 Å². The summed E-state index contributed by atoms with van der Waals surface area (Å²) in [6, 6.07) is 6.06. The highest BCUT2D eigenvalue weighted by Gasteiger charge is 2.33. The predicted molar refractivity (Wildman–Crippen MR) is 103 cm³/mol. The Hall–Kier alpha value is -2.58. The highest BCUT2D eigenvalue weighted by molar-refractivity contribution is 5.79. The first kappa shape index (κ1) is 18.8. The Morgan fingerprint density at radius 1 is 1.21 bits per heavy atom. The number of carbonyl (C=O) groups excluding carboxylic acids is 1. The van der Waals surface area contributed by atoms with E-state index < -0.39 is 0 Å². The number of nitrogens with two attached hydrogens (primary N) is 1. The average molecular weight is 385 g/mol. The highest BCUT2D eigenvalue weighted by atomic mass is 19.1. The van der Waals surface area contributed by atoms with Crippen molar-refractivity contribution in [3.05, 3.63) is 42.0 Å². The van der Waals surface area contributed by atoms with Crippen LogP contribution in [-0.4, -0.2) is 65.1 Å². The molecule has 148 valence electrons. The van der Waals surface area contributed by atoms with Crippen molar-refractivity contribution >= 4 is 11.9 Å². The average Bonchev–Trinajstić information content (AvgIpc) is 3.19. The number of halogens is 1. The van der Waals surface area contributed by atoms with Crippen molar-refractivity contribution < 1.29 is 13.9 Å². The molecule has 0 saturated carbocycles. The van der Waals surface area contributed by atoms with Crippen molar-refractivity contribution in [2.24, 2.45) is 0 Å². The second-order valence-electron chi connectivity index (χ2n) is 7.17. The largest absolute Gasteiger partial charge is 0.379 e. The summed E-state index contributed by atoms with van der Waals surface area (Å²) in [5.41, 5.74) is 8.18. The number of nitrogens with zero attached hydrogens (tertiary/aromatic N) is 4. The molecule has 1 atom stereocenters. The van der Waals surface area contributed by atoms with Crippen molar-refractivity contribution in [1.29, 1.82) is 0 Å². The summed E-state index contributed by atoms with van der Waals surface area (Å²) in [5, 5.41) is 0. The lowest BCUT2D eigenvalue weighted by atomic mass is 10.00. The van der Waals surface area contributed by atoms with E-state index in [0.717, 1.165) is 42.8 Å². The van der Waals surface area contributed by atoms with Gasteiger partial charge < -0.3 is 15.4 Å². The van der Waals surface area contributed by atoms with Crippen LogP contribution >= 0.6 is 0 Å². The third kappa shape index (κ3) is 3.98. The molecule has 1 aromatic carbocycles. The van der Waals surface area contributed by atoms with Crippen LogP contribution in [0.1, 0.15) is 24.6 Å². The topological polar surface area (TPSA) is 84.6 Å². The second kappa shape index (κ2) is 8.20. The molecule has 2 aromatic rings. The first-order valence-electron chi connectivity index (χ1n) is 9.60. The summed E-state index contributed by atoms with van der Waals surface area (Å²) in [6.07, 6.45) is 3.39. The number of rotatable bonds is 4. The normalized spacial score (nSPS) is 20.5. The van der Waals surface area contributed by atoms with E-state index in [1.54, 1.807) is 18.3 Å². The van der Waals surface area contributed by atoms with Gasteiger partial charge in [-0.25, -0.2) is 14.4 Å². The molecule has 7 nitrogen and oxygen atoms in total. The fourth-order valence-electron chi connectivity index (χ4n) is 3.91. The Balaban J connectivity index is 1.60. The van der Waals surface area contributed by atoms with Crippen LogP contribution in [0.15, 0.2) is 30.5 Å². The molecule has 0 radical (unpaired) electrons. The number of aromatic nitrogens is 2. The number of anilines is 1. The van der Waals surface area contributed by atoms with Gasteiger partial charge in [0.2, 0.25) is 11.9 Å². The molecule has 0 unspecified atom stereocenters. The van der Waals surface area contributed by atoms with Gasteiger partial charge in [-0.05, 0) is 30.5 Å². The van der Waals surface area contributed by atoms with Crippen LogP contribution in [0.5, 0.6) is 0 Å². The molecule has 0 bridgehead atoms. The number of carbonyl (C=O) groups is 1. The zero-order valence-corrected chi connectivity index (χ0v) is 15.7. The number of likely N-dealkylation sites (tertiary alicyclic amines) is 1. The van der Waals surface area contributed by atoms with Crippen LogP contribution in [0.3, 0.4) is 0 Å². The fraction of sp³-hybridized carbons (Fsp3) is 0.450. The highest BCUT2D eigenvalue weighted by Crippen LogP contribution is 2.36. The number of nitrogen functional groups attached to an aromatic ring is 1. The van der Waals surface area contributed by atoms with Crippen molar-refractivity contribution in [2.45, 2.75) is 18.9 Å². The number of amides is 1.